The van der Waals surface area contributed by atoms with E-state index in [0.29, 0.717) is 38.4 Å². The summed E-state index contributed by atoms with van der Waals surface area (Å²) >= 11 is 0. The molecule has 7 aromatic rings. The first kappa shape index (κ1) is 39.7. The van der Waals surface area contributed by atoms with Crippen LogP contribution in [0.25, 0.3) is 55.0 Å². The van der Waals surface area contributed by atoms with E-state index in [4.69, 9.17) is 9.72 Å². The molecular weight excluding hydrogens is 727 g/mol. The van der Waals surface area contributed by atoms with Crippen molar-refractivity contribution in [2.45, 2.75) is 66.1 Å². The molecule has 0 fully saturated rings. The Morgan fingerprint density at radius 1 is 0.741 bits per heavy atom. The highest BCUT2D eigenvalue weighted by Crippen LogP contribution is 2.32. The van der Waals surface area contributed by atoms with Gasteiger partial charge in [-0.25, -0.2) is 14.8 Å². The summed E-state index contributed by atoms with van der Waals surface area (Å²) in [5, 5.41) is 7.06. The lowest BCUT2D eigenvalue weighted by Gasteiger charge is -2.28. The molecule has 298 valence electrons. The molecule has 11 heteroatoms. The van der Waals surface area contributed by atoms with Gasteiger partial charge in [-0.1, -0.05) is 100 Å². The molecule has 0 saturated carbocycles. The van der Waals surface area contributed by atoms with Crippen LogP contribution in [0.4, 0.5) is 4.79 Å². The fourth-order valence-electron chi connectivity index (χ4n) is 7.53. The number of methoxy groups -OCH3 is 1. The highest BCUT2D eigenvalue weighted by molar-refractivity contribution is 6.05. The maximum absolute atomic E-state index is 13.5. The second-order valence-corrected chi connectivity index (χ2v) is 15.2. The first-order chi connectivity index (χ1) is 28.1. The Morgan fingerprint density at radius 2 is 1.38 bits per heavy atom. The molecule has 0 spiro atoms. The molecule has 2 aromatic heterocycles. The Balaban J connectivity index is 1.06. The monoisotopic (exact) mass is 777 g/mol. The van der Waals surface area contributed by atoms with E-state index in [1.165, 1.54) is 7.11 Å². The standard InChI is InChI=1S/C47H51N7O4/c1-6-21-53(43(55)23-31-11-9-8-10-12-31)29-42-49-39-20-18-36-25-35(17-19-38(36)45(39)51-42)32-13-14-34-26-37(16-15-33(34)24-32)40-27-48-41(50-40)28-54(22-7-2)46(56)44(30(3)4)52-47(57)58-5/h8-20,24-27,30,44H,6-7,21-23,28-29H2,1-5H3,(H,48,50)(H,49,51)(H,52,57). The van der Waals surface area contributed by atoms with Crippen molar-refractivity contribution in [3.63, 3.8) is 0 Å². The number of carbonyl (C=O) groups is 3. The lowest BCUT2D eigenvalue weighted by molar-refractivity contribution is -0.135. The zero-order chi connectivity index (χ0) is 40.8. The summed E-state index contributed by atoms with van der Waals surface area (Å²) in [6.07, 6.45) is 3.18. The van der Waals surface area contributed by atoms with Crippen molar-refractivity contribution >= 4 is 50.5 Å². The first-order valence-corrected chi connectivity index (χ1v) is 20.1. The summed E-state index contributed by atoms with van der Waals surface area (Å²) in [4.78, 5) is 58.8. The third-order valence-corrected chi connectivity index (χ3v) is 10.6. The maximum Gasteiger partial charge on any atom is 0.407 e. The number of H-pyrrole nitrogens is 2. The Labute approximate surface area is 338 Å². The molecular formula is C47H51N7O4. The minimum Gasteiger partial charge on any atom is -0.453 e. The number of carbonyl (C=O) groups excluding carboxylic acids is 3. The molecule has 0 saturated heterocycles. The Hall–Kier alpha value is -6.49. The number of nitrogens with one attached hydrogen (secondary N) is 3. The van der Waals surface area contributed by atoms with E-state index in [1.807, 2.05) is 56.0 Å². The number of fused-ring (bicyclic) bond motifs is 4. The predicted molar refractivity (Wildman–Crippen MR) is 230 cm³/mol. The van der Waals surface area contributed by atoms with Crippen molar-refractivity contribution in [1.29, 1.82) is 0 Å². The topological polar surface area (TPSA) is 136 Å². The summed E-state index contributed by atoms with van der Waals surface area (Å²) in [6, 6.07) is 32.7. The van der Waals surface area contributed by atoms with E-state index in [1.54, 1.807) is 11.1 Å². The number of hydrogen-bond acceptors (Lipinski definition) is 6. The van der Waals surface area contributed by atoms with E-state index in [0.717, 1.165) is 79.2 Å². The molecule has 5 aromatic carbocycles. The van der Waals surface area contributed by atoms with Crippen molar-refractivity contribution in [3.8, 4) is 22.4 Å². The number of ether oxygens (including phenoxy) is 1. The number of nitrogens with zero attached hydrogens (tertiary/aromatic N) is 4. The number of aromatic amines is 2. The van der Waals surface area contributed by atoms with Crippen LogP contribution in [0, 0.1) is 5.92 Å². The molecule has 0 aliphatic rings. The van der Waals surface area contributed by atoms with E-state index in [2.05, 4.69) is 93.9 Å². The van der Waals surface area contributed by atoms with Crippen LogP contribution in [0.1, 0.15) is 57.7 Å². The predicted octanol–water partition coefficient (Wildman–Crippen LogP) is 9.03. The smallest absolute Gasteiger partial charge is 0.407 e. The van der Waals surface area contributed by atoms with Crippen LogP contribution in [0.15, 0.2) is 103 Å². The molecule has 1 unspecified atom stereocenters. The van der Waals surface area contributed by atoms with Crippen molar-refractivity contribution < 1.29 is 19.1 Å². The number of aromatic nitrogens is 4. The summed E-state index contributed by atoms with van der Waals surface area (Å²) in [7, 11) is 1.29. The second kappa shape index (κ2) is 17.8. The first-order valence-electron chi connectivity index (χ1n) is 20.1. The molecule has 58 heavy (non-hydrogen) atoms. The largest absolute Gasteiger partial charge is 0.453 e. The molecule has 11 nitrogen and oxygen atoms in total. The fraction of sp³-hybridized carbons (Fsp3) is 0.298. The van der Waals surface area contributed by atoms with Crippen molar-refractivity contribution in [2.75, 3.05) is 20.2 Å². The summed E-state index contributed by atoms with van der Waals surface area (Å²) in [5.41, 5.74) is 6.94. The Kier molecular flexibility index (Phi) is 12.2. The number of benzene rings is 5. The number of amides is 3. The van der Waals surface area contributed by atoms with Crippen LogP contribution in [0.5, 0.6) is 0 Å². The molecule has 0 aliphatic carbocycles. The van der Waals surface area contributed by atoms with Gasteiger partial charge in [0.25, 0.3) is 0 Å². The number of rotatable bonds is 15. The van der Waals surface area contributed by atoms with Crippen LogP contribution in [0.2, 0.25) is 0 Å². The van der Waals surface area contributed by atoms with Crippen LogP contribution < -0.4 is 5.32 Å². The number of alkyl carbamates (subject to hydrolysis) is 1. The number of imidazole rings is 2. The molecule has 0 bridgehead atoms. The van der Waals surface area contributed by atoms with E-state index in [-0.39, 0.29) is 17.7 Å². The maximum atomic E-state index is 13.5. The van der Waals surface area contributed by atoms with E-state index in [9.17, 15) is 14.4 Å². The average molecular weight is 778 g/mol. The molecule has 0 aliphatic heterocycles. The van der Waals surface area contributed by atoms with Crippen LogP contribution in [0.3, 0.4) is 0 Å². The zero-order valence-electron chi connectivity index (χ0n) is 33.8. The van der Waals surface area contributed by atoms with Gasteiger partial charge < -0.3 is 29.8 Å². The van der Waals surface area contributed by atoms with Gasteiger partial charge in [-0.15, -0.1) is 0 Å². The highest BCUT2D eigenvalue weighted by Gasteiger charge is 2.29. The van der Waals surface area contributed by atoms with Gasteiger partial charge >= 0.3 is 6.09 Å². The third-order valence-electron chi connectivity index (χ3n) is 10.6. The normalized spacial score (nSPS) is 12.0. The lowest BCUT2D eigenvalue weighted by Crippen LogP contribution is -2.51. The summed E-state index contributed by atoms with van der Waals surface area (Å²) in [6.45, 7) is 9.82. The van der Waals surface area contributed by atoms with E-state index >= 15 is 0 Å². The van der Waals surface area contributed by atoms with E-state index < -0.39 is 12.1 Å². The van der Waals surface area contributed by atoms with Crippen LogP contribution in [-0.2, 0) is 33.8 Å². The Morgan fingerprint density at radius 3 is 2.09 bits per heavy atom. The van der Waals surface area contributed by atoms with Gasteiger partial charge in [0, 0.05) is 24.0 Å². The quantitative estimate of drug-likeness (QED) is 0.0951. The van der Waals surface area contributed by atoms with Crippen LogP contribution >= 0.6 is 0 Å². The molecule has 2 heterocycles. The third kappa shape index (κ3) is 8.89. The highest BCUT2D eigenvalue weighted by atomic mass is 16.5. The van der Waals surface area contributed by atoms with Crippen molar-refractivity contribution in [3.05, 3.63) is 120 Å². The lowest BCUT2D eigenvalue weighted by atomic mass is 9.97. The molecule has 3 amide bonds. The van der Waals surface area contributed by atoms with Gasteiger partial charge in [0.1, 0.15) is 17.7 Å². The SMILES string of the molecule is CCCN(Cc1nc2c(ccc3cc(-c4ccc5cc(-c6cnc(CN(CCC)C(=O)C(NC(=O)OC)C(C)C)[nH]6)ccc5c4)ccc32)[nH]1)C(=O)Cc1ccccc1. The minimum atomic E-state index is -0.703. The molecule has 0 radical (unpaired) electrons. The molecule has 1 atom stereocenters. The van der Waals surface area contributed by atoms with Gasteiger partial charge in [0.05, 0.1) is 49.5 Å². The Bertz CT molecular complexity index is 2560. The van der Waals surface area contributed by atoms with Gasteiger partial charge in [-0.3, -0.25) is 9.59 Å². The van der Waals surface area contributed by atoms with Gasteiger partial charge in [0.2, 0.25) is 11.8 Å². The van der Waals surface area contributed by atoms with Gasteiger partial charge in [-0.05, 0) is 75.9 Å². The van der Waals surface area contributed by atoms with Crippen molar-refractivity contribution in [2.24, 2.45) is 5.92 Å². The summed E-state index contributed by atoms with van der Waals surface area (Å²) in [5.74, 6) is 1.25. The number of hydrogen-bond donors (Lipinski definition) is 3. The summed E-state index contributed by atoms with van der Waals surface area (Å²) < 4.78 is 4.76. The average Bonchev–Trinajstić information content (AvgIpc) is 3.89. The van der Waals surface area contributed by atoms with Gasteiger partial charge in [-0.2, -0.15) is 0 Å². The van der Waals surface area contributed by atoms with Crippen LogP contribution in [-0.4, -0.2) is 73.9 Å². The fourth-order valence-corrected chi connectivity index (χ4v) is 7.53. The van der Waals surface area contributed by atoms with Crippen molar-refractivity contribution in [1.82, 2.24) is 35.1 Å². The second-order valence-electron chi connectivity index (χ2n) is 15.2. The minimum absolute atomic E-state index is 0.0948. The molecule has 7 rings (SSSR count). The van der Waals surface area contributed by atoms with Gasteiger partial charge in [0.15, 0.2) is 0 Å². The molecule has 3 N–H and O–H groups in total. The zero-order valence-corrected chi connectivity index (χ0v) is 33.8.